The molecule has 0 radical (unpaired) electrons. The molecule has 0 aliphatic carbocycles. The number of nitriles is 1. The summed E-state index contributed by atoms with van der Waals surface area (Å²) in [6.07, 6.45) is 3.54. The number of hydrogen-bond donors (Lipinski definition) is 2. The van der Waals surface area contributed by atoms with Crippen molar-refractivity contribution in [3.05, 3.63) is 17.8 Å². The van der Waals surface area contributed by atoms with Crippen LogP contribution in [0.2, 0.25) is 0 Å². The van der Waals surface area contributed by atoms with E-state index in [-0.39, 0.29) is 6.04 Å². The predicted molar refractivity (Wildman–Crippen MR) is 67.6 cm³/mol. The summed E-state index contributed by atoms with van der Waals surface area (Å²) in [7, 11) is 1.67. The summed E-state index contributed by atoms with van der Waals surface area (Å²) in [5.74, 6) is 0.611. The van der Waals surface area contributed by atoms with Crippen LogP contribution in [0, 0.1) is 11.3 Å². The Morgan fingerprint density at radius 2 is 2.41 bits per heavy atom. The molecule has 1 aromatic rings. The van der Waals surface area contributed by atoms with Gasteiger partial charge in [-0.1, -0.05) is 13.3 Å². The average molecular weight is 234 g/mol. The molecule has 3 N–H and O–H groups in total. The topological polar surface area (TPSA) is 84.0 Å². The Balaban J connectivity index is 2.75. The van der Waals surface area contributed by atoms with Crippen LogP contribution in [0.25, 0.3) is 0 Å². The predicted octanol–water partition coefficient (Wildman–Crippen LogP) is 1.76. The molecular formula is C12H18N4O. The summed E-state index contributed by atoms with van der Waals surface area (Å²) in [6, 6.07) is 3.81. The van der Waals surface area contributed by atoms with Gasteiger partial charge in [0.15, 0.2) is 0 Å². The smallest absolute Gasteiger partial charge is 0.149 e. The van der Waals surface area contributed by atoms with E-state index in [1.165, 1.54) is 6.20 Å². The first-order valence-electron chi connectivity index (χ1n) is 5.62. The summed E-state index contributed by atoms with van der Waals surface area (Å²) in [5, 5.41) is 11.9. The van der Waals surface area contributed by atoms with Gasteiger partial charge in [-0.3, -0.25) is 0 Å². The van der Waals surface area contributed by atoms with Gasteiger partial charge in [0.2, 0.25) is 0 Å². The Kier molecular flexibility index (Phi) is 5.24. The summed E-state index contributed by atoms with van der Waals surface area (Å²) >= 11 is 0. The van der Waals surface area contributed by atoms with Crippen LogP contribution >= 0.6 is 0 Å². The molecule has 0 amide bonds. The molecule has 0 aromatic carbocycles. The Bertz CT molecular complexity index is 394. The van der Waals surface area contributed by atoms with Crippen LogP contribution < -0.4 is 11.1 Å². The van der Waals surface area contributed by atoms with Gasteiger partial charge in [0.05, 0.1) is 23.9 Å². The number of methoxy groups -OCH3 is 1. The fourth-order valence-electron chi connectivity index (χ4n) is 1.60. The number of anilines is 2. The number of hydrogen-bond acceptors (Lipinski definition) is 5. The van der Waals surface area contributed by atoms with Crippen LogP contribution in [0.5, 0.6) is 0 Å². The number of nitrogen functional groups attached to an aromatic ring is 1. The minimum atomic E-state index is 0.188. The van der Waals surface area contributed by atoms with Gasteiger partial charge in [-0.05, 0) is 12.5 Å². The first-order chi connectivity index (χ1) is 8.21. The van der Waals surface area contributed by atoms with Gasteiger partial charge in [-0.2, -0.15) is 5.26 Å². The van der Waals surface area contributed by atoms with E-state index < -0.39 is 0 Å². The van der Waals surface area contributed by atoms with E-state index in [0.717, 1.165) is 12.8 Å². The number of nitrogens with zero attached hydrogens (tertiary/aromatic N) is 2. The van der Waals surface area contributed by atoms with Gasteiger partial charge in [0.1, 0.15) is 11.9 Å². The van der Waals surface area contributed by atoms with Crippen molar-refractivity contribution in [2.75, 3.05) is 24.8 Å². The highest BCUT2D eigenvalue weighted by Crippen LogP contribution is 2.18. The molecule has 0 bridgehead atoms. The summed E-state index contributed by atoms with van der Waals surface area (Å²) in [4.78, 5) is 4.14. The quantitative estimate of drug-likeness (QED) is 0.783. The molecule has 0 aliphatic rings. The number of nitrogens with two attached hydrogens (primary N) is 1. The van der Waals surface area contributed by atoms with Gasteiger partial charge in [0, 0.05) is 13.3 Å². The molecule has 0 fully saturated rings. The highest BCUT2D eigenvalue weighted by atomic mass is 16.5. The van der Waals surface area contributed by atoms with E-state index in [1.807, 2.05) is 6.07 Å². The van der Waals surface area contributed by atoms with Crippen molar-refractivity contribution in [2.45, 2.75) is 25.8 Å². The first-order valence-corrected chi connectivity index (χ1v) is 5.62. The average Bonchev–Trinajstić information content (AvgIpc) is 2.32. The van der Waals surface area contributed by atoms with Gasteiger partial charge in [-0.15, -0.1) is 0 Å². The molecule has 5 heteroatoms. The van der Waals surface area contributed by atoms with Crippen LogP contribution in [0.4, 0.5) is 11.5 Å². The maximum atomic E-state index is 8.72. The second-order valence-corrected chi connectivity index (χ2v) is 3.86. The molecule has 17 heavy (non-hydrogen) atoms. The lowest BCUT2D eigenvalue weighted by atomic mass is 10.1. The number of aromatic nitrogens is 1. The van der Waals surface area contributed by atoms with Crippen molar-refractivity contribution >= 4 is 11.5 Å². The third-order valence-corrected chi connectivity index (χ3v) is 2.39. The number of pyridine rings is 1. The SMILES string of the molecule is CCCC(COC)Nc1ncc(C#N)cc1N. The van der Waals surface area contributed by atoms with E-state index in [2.05, 4.69) is 17.2 Å². The van der Waals surface area contributed by atoms with E-state index in [9.17, 15) is 0 Å². The number of nitrogens with one attached hydrogen (secondary N) is 1. The third kappa shape index (κ3) is 3.93. The van der Waals surface area contributed by atoms with Crippen LogP contribution in [-0.4, -0.2) is 24.7 Å². The molecule has 1 atom stereocenters. The second kappa shape index (κ2) is 6.71. The molecule has 5 nitrogen and oxygen atoms in total. The minimum absolute atomic E-state index is 0.188. The maximum Gasteiger partial charge on any atom is 0.149 e. The van der Waals surface area contributed by atoms with E-state index in [1.54, 1.807) is 13.2 Å². The fourth-order valence-corrected chi connectivity index (χ4v) is 1.60. The third-order valence-electron chi connectivity index (χ3n) is 2.39. The Labute approximate surface area is 102 Å². The fraction of sp³-hybridized carbons (Fsp3) is 0.500. The zero-order valence-corrected chi connectivity index (χ0v) is 10.2. The molecule has 1 rings (SSSR count). The van der Waals surface area contributed by atoms with Crippen LogP contribution in [0.1, 0.15) is 25.3 Å². The summed E-state index contributed by atoms with van der Waals surface area (Å²) in [6.45, 7) is 2.72. The van der Waals surface area contributed by atoms with Crippen LogP contribution in [0.3, 0.4) is 0 Å². The largest absolute Gasteiger partial charge is 0.396 e. The van der Waals surface area contributed by atoms with E-state index in [4.69, 9.17) is 15.7 Å². The lowest BCUT2D eigenvalue weighted by Gasteiger charge is -2.18. The zero-order chi connectivity index (χ0) is 12.7. The highest BCUT2D eigenvalue weighted by molar-refractivity contribution is 5.63. The maximum absolute atomic E-state index is 8.72. The van der Waals surface area contributed by atoms with Crippen LogP contribution in [-0.2, 0) is 4.74 Å². The molecule has 92 valence electrons. The number of ether oxygens (including phenoxy) is 1. The molecule has 1 unspecified atom stereocenters. The lowest BCUT2D eigenvalue weighted by Crippen LogP contribution is -2.25. The minimum Gasteiger partial charge on any atom is -0.396 e. The van der Waals surface area contributed by atoms with Crippen molar-refractivity contribution in [3.8, 4) is 6.07 Å². The van der Waals surface area contributed by atoms with Gasteiger partial charge >= 0.3 is 0 Å². The highest BCUT2D eigenvalue weighted by Gasteiger charge is 2.10. The van der Waals surface area contributed by atoms with Crippen molar-refractivity contribution in [2.24, 2.45) is 0 Å². The molecule has 1 aromatic heterocycles. The second-order valence-electron chi connectivity index (χ2n) is 3.86. The monoisotopic (exact) mass is 234 g/mol. The van der Waals surface area contributed by atoms with E-state index in [0.29, 0.717) is 23.7 Å². The molecule has 0 spiro atoms. The van der Waals surface area contributed by atoms with Crippen molar-refractivity contribution < 1.29 is 4.74 Å². The van der Waals surface area contributed by atoms with Crippen molar-refractivity contribution in [1.82, 2.24) is 4.98 Å². The van der Waals surface area contributed by atoms with Crippen LogP contribution in [0.15, 0.2) is 12.3 Å². The van der Waals surface area contributed by atoms with Gasteiger partial charge in [0.25, 0.3) is 0 Å². The zero-order valence-electron chi connectivity index (χ0n) is 10.2. The summed E-state index contributed by atoms with van der Waals surface area (Å²) in [5.41, 5.74) is 6.77. The van der Waals surface area contributed by atoms with E-state index >= 15 is 0 Å². The Morgan fingerprint density at radius 1 is 1.65 bits per heavy atom. The summed E-state index contributed by atoms with van der Waals surface area (Å²) < 4.78 is 5.13. The first kappa shape index (κ1) is 13.3. The molecule has 1 heterocycles. The number of rotatable bonds is 6. The molecule has 0 saturated carbocycles. The Hall–Kier alpha value is -1.80. The molecule has 0 saturated heterocycles. The lowest BCUT2D eigenvalue weighted by molar-refractivity contribution is 0.182. The normalized spacial score (nSPS) is 11.8. The van der Waals surface area contributed by atoms with Crippen molar-refractivity contribution in [3.63, 3.8) is 0 Å². The van der Waals surface area contributed by atoms with Gasteiger partial charge < -0.3 is 15.8 Å². The molecular weight excluding hydrogens is 216 g/mol. The molecule has 0 aliphatic heterocycles. The standard InChI is InChI=1S/C12H18N4O/c1-3-4-10(8-17-2)16-12-11(14)5-9(6-13)7-15-12/h5,7,10H,3-4,8,14H2,1-2H3,(H,15,16). The van der Waals surface area contributed by atoms with Crippen molar-refractivity contribution in [1.29, 1.82) is 5.26 Å². The Morgan fingerprint density at radius 3 is 2.94 bits per heavy atom. The van der Waals surface area contributed by atoms with Gasteiger partial charge in [-0.25, -0.2) is 4.98 Å².